The molecular weight excluding hydrogens is 148 g/mol. The van der Waals surface area contributed by atoms with Gasteiger partial charge in [-0.2, -0.15) is 0 Å². The van der Waals surface area contributed by atoms with Gasteiger partial charge in [0, 0.05) is 0 Å². The highest BCUT2D eigenvalue weighted by Gasteiger charge is 2.06. The van der Waals surface area contributed by atoms with Crippen LogP contribution in [0.4, 0.5) is 0 Å². The Labute approximate surface area is 77.1 Å². The molecule has 74 valence electrons. The smallest absolute Gasteiger partial charge is 0.0569 e. The topological polar surface area (TPSA) is 29.3 Å². The number of unbranched alkanes of at least 4 members (excludes halogenated alkanes) is 2. The molecule has 1 unspecified atom stereocenters. The molecule has 0 heterocycles. The highest BCUT2D eigenvalue weighted by Crippen LogP contribution is 2.02. The summed E-state index contributed by atoms with van der Waals surface area (Å²) in [6, 6.07) is 0. The van der Waals surface area contributed by atoms with Crippen molar-refractivity contribution in [3.8, 4) is 0 Å². The number of nitrogens with zero attached hydrogens (tertiary/aromatic N) is 1. The summed E-state index contributed by atoms with van der Waals surface area (Å²) in [4.78, 5) is 2.26. The third-order valence-electron chi connectivity index (χ3n) is 2.28. The minimum Gasteiger partial charge on any atom is -0.316 e. The molecule has 12 heavy (non-hydrogen) atoms. The lowest BCUT2D eigenvalue weighted by molar-refractivity contribution is 0.228. The maximum absolute atomic E-state index is 5.97. The Kier molecular flexibility index (Phi) is 7.51. The first-order valence-electron chi connectivity index (χ1n) is 5.18. The van der Waals surface area contributed by atoms with E-state index in [0.29, 0.717) is 0 Å². The van der Waals surface area contributed by atoms with Crippen LogP contribution in [0.1, 0.15) is 46.0 Å². The summed E-state index contributed by atoms with van der Waals surface area (Å²) in [5.74, 6) is 0. The average Bonchev–Trinajstić information content (AvgIpc) is 2.10. The lowest BCUT2D eigenvalue weighted by Gasteiger charge is -2.23. The standard InChI is InChI=1S/C10H24N2/c1-4-6-8-10(11)12(3)9-7-5-2/h10H,4-9,11H2,1-3H3. The zero-order chi connectivity index (χ0) is 9.40. The van der Waals surface area contributed by atoms with Gasteiger partial charge < -0.3 is 5.73 Å². The van der Waals surface area contributed by atoms with Crippen LogP contribution in [-0.2, 0) is 0 Å². The van der Waals surface area contributed by atoms with Crippen LogP contribution in [-0.4, -0.2) is 24.7 Å². The lowest BCUT2D eigenvalue weighted by Crippen LogP contribution is -2.39. The maximum atomic E-state index is 5.97. The zero-order valence-corrected chi connectivity index (χ0v) is 8.84. The van der Waals surface area contributed by atoms with Gasteiger partial charge >= 0.3 is 0 Å². The van der Waals surface area contributed by atoms with Crippen LogP contribution in [0.2, 0.25) is 0 Å². The van der Waals surface area contributed by atoms with Gasteiger partial charge in [-0.15, -0.1) is 0 Å². The predicted octanol–water partition coefficient (Wildman–Crippen LogP) is 2.19. The van der Waals surface area contributed by atoms with Crippen molar-refractivity contribution < 1.29 is 0 Å². The second-order valence-electron chi connectivity index (χ2n) is 3.54. The Morgan fingerprint density at radius 2 is 1.75 bits per heavy atom. The maximum Gasteiger partial charge on any atom is 0.0569 e. The normalized spacial score (nSPS) is 13.8. The molecule has 0 fully saturated rings. The quantitative estimate of drug-likeness (QED) is 0.596. The van der Waals surface area contributed by atoms with Crippen molar-refractivity contribution in [2.24, 2.45) is 5.73 Å². The zero-order valence-electron chi connectivity index (χ0n) is 8.84. The summed E-state index contributed by atoms with van der Waals surface area (Å²) in [5.41, 5.74) is 5.97. The van der Waals surface area contributed by atoms with Crippen molar-refractivity contribution >= 4 is 0 Å². The number of nitrogens with two attached hydrogens (primary N) is 1. The van der Waals surface area contributed by atoms with E-state index in [2.05, 4.69) is 25.8 Å². The number of hydrogen-bond donors (Lipinski definition) is 1. The highest BCUT2D eigenvalue weighted by atomic mass is 15.2. The molecule has 0 saturated carbocycles. The van der Waals surface area contributed by atoms with E-state index in [-0.39, 0.29) is 6.17 Å². The third kappa shape index (κ3) is 5.56. The third-order valence-corrected chi connectivity index (χ3v) is 2.28. The van der Waals surface area contributed by atoms with Crippen molar-refractivity contribution in [3.63, 3.8) is 0 Å². The minimum absolute atomic E-state index is 0.275. The van der Waals surface area contributed by atoms with Crippen molar-refractivity contribution in [3.05, 3.63) is 0 Å². The van der Waals surface area contributed by atoms with Gasteiger partial charge in [-0.1, -0.05) is 33.1 Å². The predicted molar refractivity (Wildman–Crippen MR) is 55.0 cm³/mol. The van der Waals surface area contributed by atoms with Gasteiger partial charge in [0.2, 0.25) is 0 Å². The first kappa shape index (κ1) is 11.9. The average molecular weight is 172 g/mol. The SMILES string of the molecule is CCCCC(N)N(C)CCCC. The van der Waals surface area contributed by atoms with Crippen LogP contribution >= 0.6 is 0 Å². The molecule has 0 aliphatic carbocycles. The van der Waals surface area contributed by atoms with Gasteiger partial charge in [0.1, 0.15) is 0 Å². The molecule has 2 nitrogen and oxygen atoms in total. The molecule has 0 saturated heterocycles. The van der Waals surface area contributed by atoms with E-state index in [1.807, 2.05) is 0 Å². The van der Waals surface area contributed by atoms with E-state index in [1.165, 1.54) is 25.7 Å². The largest absolute Gasteiger partial charge is 0.316 e. The second-order valence-corrected chi connectivity index (χ2v) is 3.54. The molecule has 0 bridgehead atoms. The second kappa shape index (κ2) is 7.56. The van der Waals surface area contributed by atoms with Crippen molar-refractivity contribution in [1.29, 1.82) is 0 Å². The molecule has 1 atom stereocenters. The van der Waals surface area contributed by atoms with Gasteiger partial charge in [-0.05, 0) is 26.4 Å². The molecule has 2 heteroatoms. The summed E-state index contributed by atoms with van der Waals surface area (Å²) in [5, 5.41) is 0. The van der Waals surface area contributed by atoms with E-state index in [0.717, 1.165) is 13.0 Å². The fourth-order valence-electron chi connectivity index (χ4n) is 1.21. The summed E-state index contributed by atoms with van der Waals surface area (Å²) in [6.07, 6.45) is 6.42. The first-order valence-corrected chi connectivity index (χ1v) is 5.18. The molecule has 0 aromatic rings. The van der Waals surface area contributed by atoms with Gasteiger partial charge in [-0.3, -0.25) is 4.90 Å². The molecule has 2 N–H and O–H groups in total. The number of rotatable bonds is 7. The molecule has 0 aliphatic heterocycles. The van der Waals surface area contributed by atoms with E-state index >= 15 is 0 Å². The molecule has 0 aromatic heterocycles. The molecule has 0 aromatic carbocycles. The fraction of sp³-hybridized carbons (Fsp3) is 1.00. The van der Waals surface area contributed by atoms with Crippen LogP contribution in [0.15, 0.2) is 0 Å². The van der Waals surface area contributed by atoms with Gasteiger partial charge in [0.25, 0.3) is 0 Å². The van der Waals surface area contributed by atoms with Crippen LogP contribution in [0.5, 0.6) is 0 Å². The Morgan fingerprint density at radius 3 is 2.25 bits per heavy atom. The molecular formula is C10H24N2. The highest BCUT2D eigenvalue weighted by molar-refractivity contribution is 4.60. The molecule has 0 aliphatic rings. The van der Waals surface area contributed by atoms with E-state index in [4.69, 9.17) is 5.73 Å². The van der Waals surface area contributed by atoms with E-state index in [1.54, 1.807) is 0 Å². The molecule has 0 spiro atoms. The van der Waals surface area contributed by atoms with Crippen LogP contribution < -0.4 is 5.73 Å². The monoisotopic (exact) mass is 172 g/mol. The van der Waals surface area contributed by atoms with Crippen LogP contribution in [0, 0.1) is 0 Å². The van der Waals surface area contributed by atoms with E-state index in [9.17, 15) is 0 Å². The summed E-state index contributed by atoms with van der Waals surface area (Å²) in [6.45, 7) is 5.56. The van der Waals surface area contributed by atoms with Crippen LogP contribution in [0.25, 0.3) is 0 Å². The Bertz CT molecular complexity index is 81.8. The summed E-state index contributed by atoms with van der Waals surface area (Å²) < 4.78 is 0. The van der Waals surface area contributed by atoms with Crippen molar-refractivity contribution in [2.45, 2.75) is 52.1 Å². The van der Waals surface area contributed by atoms with E-state index < -0.39 is 0 Å². The van der Waals surface area contributed by atoms with Gasteiger partial charge in [0.05, 0.1) is 6.17 Å². The van der Waals surface area contributed by atoms with Gasteiger partial charge in [-0.25, -0.2) is 0 Å². The minimum atomic E-state index is 0.275. The molecule has 0 amide bonds. The van der Waals surface area contributed by atoms with Gasteiger partial charge in [0.15, 0.2) is 0 Å². The van der Waals surface area contributed by atoms with Crippen molar-refractivity contribution in [2.75, 3.05) is 13.6 Å². The van der Waals surface area contributed by atoms with Crippen molar-refractivity contribution in [1.82, 2.24) is 4.90 Å². The molecule has 0 radical (unpaired) electrons. The Morgan fingerprint density at radius 1 is 1.17 bits per heavy atom. The lowest BCUT2D eigenvalue weighted by atomic mass is 10.2. The summed E-state index contributed by atoms with van der Waals surface area (Å²) in [7, 11) is 2.12. The van der Waals surface area contributed by atoms with Crippen LogP contribution in [0.3, 0.4) is 0 Å². The Hall–Kier alpha value is -0.0800. The first-order chi connectivity index (χ1) is 5.72. The fourth-order valence-corrected chi connectivity index (χ4v) is 1.21. The number of hydrogen-bond acceptors (Lipinski definition) is 2. The Balaban J connectivity index is 3.39. The molecule has 0 rings (SSSR count). The summed E-state index contributed by atoms with van der Waals surface area (Å²) >= 11 is 0.